The number of halogens is 1. The van der Waals surface area contributed by atoms with Crippen molar-refractivity contribution in [3.63, 3.8) is 0 Å². The van der Waals surface area contributed by atoms with E-state index in [0.717, 1.165) is 68.3 Å². The predicted octanol–water partition coefficient (Wildman–Crippen LogP) is 9.28. The van der Waals surface area contributed by atoms with Crippen LogP contribution >= 0.6 is 0 Å². The zero-order valence-electron chi connectivity index (χ0n) is 27.8. The number of aliphatic hydroxyl groups excluding tert-OH is 1. The van der Waals surface area contributed by atoms with Crippen LogP contribution in [-0.2, 0) is 17.6 Å². The Morgan fingerprint density at radius 3 is 2.61 bits per heavy atom. The summed E-state index contributed by atoms with van der Waals surface area (Å²) in [4.78, 5) is 15.2. The highest BCUT2D eigenvalue weighted by Crippen LogP contribution is 2.63. The number of hydrogen-bond donors (Lipinski definition) is 2. The summed E-state index contributed by atoms with van der Waals surface area (Å²) in [6, 6.07) is 18.5. The van der Waals surface area contributed by atoms with Crippen molar-refractivity contribution >= 4 is 22.4 Å². The van der Waals surface area contributed by atoms with E-state index >= 15 is 4.39 Å². The lowest BCUT2D eigenvalue weighted by molar-refractivity contribution is -0.116. The Hall–Kier alpha value is -2.92. The number of amides is 1. The molecule has 2 N–H and O–H groups in total. The molecule has 246 valence electrons. The van der Waals surface area contributed by atoms with Gasteiger partial charge in [-0.15, -0.1) is 0 Å². The van der Waals surface area contributed by atoms with Crippen molar-refractivity contribution in [1.29, 1.82) is 0 Å². The average molecular weight is 626 g/mol. The smallest absolute Gasteiger partial charge is 0.223 e. The predicted molar refractivity (Wildman–Crippen MR) is 184 cm³/mol. The summed E-state index contributed by atoms with van der Waals surface area (Å²) < 4.78 is 16.2. The first-order valence-corrected chi connectivity index (χ1v) is 18.2. The molecule has 5 heteroatoms. The van der Waals surface area contributed by atoms with Crippen LogP contribution in [0, 0.1) is 29.1 Å². The van der Waals surface area contributed by atoms with Gasteiger partial charge in [0.1, 0.15) is 11.9 Å². The van der Waals surface area contributed by atoms with E-state index in [9.17, 15) is 15.0 Å². The minimum Gasteiger partial charge on any atom is -0.508 e. The first-order valence-electron chi connectivity index (χ1n) is 18.2. The second kappa shape index (κ2) is 12.9. The first-order chi connectivity index (χ1) is 22.2. The van der Waals surface area contributed by atoms with Crippen LogP contribution in [0.15, 0.2) is 54.6 Å². The molecule has 0 aliphatic heterocycles. The molecule has 0 aromatic heterocycles. The molecule has 0 heterocycles. The molecule has 46 heavy (non-hydrogen) atoms. The van der Waals surface area contributed by atoms with E-state index in [2.05, 4.69) is 48.2 Å². The fourth-order valence-corrected chi connectivity index (χ4v) is 10.6. The molecule has 3 aromatic carbocycles. The van der Waals surface area contributed by atoms with Crippen LogP contribution in [0.25, 0.3) is 10.8 Å². The Morgan fingerprint density at radius 1 is 1.00 bits per heavy atom. The van der Waals surface area contributed by atoms with Gasteiger partial charge in [0.2, 0.25) is 5.91 Å². The van der Waals surface area contributed by atoms with Gasteiger partial charge >= 0.3 is 0 Å². The standard InChI is InChI=1S/C41H52FNO3/c1-26(44)43(25-27-10-4-3-5-11-27)37-20-16-28-12-6-8-14-32(28)34(37)15-9-7-13-29-22-30-23-31(45)17-18-33(30)40-36(42)24-41(2)35(39(29)40)19-21-38(41)46/h6,8,12,14,16-18,20,23,27,29,35-36,38-40,45-46H,3-5,7,9-11,13,15,19,21-22,24-25H2,1-2H3/t29-,35+,36+,38+,39+,40+,41+/m1/s1. The van der Waals surface area contributed by atoms with Gasteiger partial charge < -0.3 is 15.1 Å². The summed E-state index contributed by atoms with van der Waals surface area (Å²) in [5, 5.41) is 23.8. The van der Waals surface area contributed by atoms with E-state index in [0.29, 0.717) is 24.2 Å². The molecule has 4 aliphatic carbocycles. The number of anilines is 1. The summed E-state index contributed by atoms with van der Waals surface area (Å²) in [5.74, 6) is 1.63. The fraction of sp³-hybridized carbons (Fsp3) is 0.585. The maximum absolute atomic E-state index is 16.2. The molecule has 4 aliphatic rings. The minimum absolute atomic E-state index is 0.122. The Bertz CT molecular complexity index is 1560. The zero-order chi connectivity index (χ0) is 32.0. The third-order valence-corrected chi connectivity index (χ3v) is 12.9. The largest absolute Gasteiger partial charge is 0.508 e. The number of fused-ring (bicyclic) bond motifs is 6. The molecule has 0 bridgehead atoms. The fourth-order valence-electron chi connectivity index (χ4n) is 10.6. The molecule has 4 nitrogen and oxygen atoms in total. The van der Waals surface area contributed by atoms with Gasteiger partial charge in [0.25, 0.3) is 0 Å². The lowest BCUT2D eigenvalue weighted by Crippen LogP contribution is -2.51. The second-order valence-corrected chi connectivity index (χ2v) is 15.5. The average Bonchev–Trinajstić information content (AvgIpc) is 3.34. The van der Waals surface area contributed by atoms with Crippen LogP contribution in [0.1, 0.15) is 107 Å². The van der Waals surface area contributed by atoms with Gasteiger partial charge in [-0.1, -0.05) is 69.0 Å². The topological polar surface area (TPSA) is 60.8 Å². The number of carbonyl (C=O) groups excluding carboxylic acids is 1. The van der Waals surface area contributed by atoms with Gasteiger partial charge in [-0.2, -0.15) is 0 Å². The number of aliphatic hydroxyl groups is 1. The van der Waals surface area contributed by atoms with Gasteiger partial charge in [-0.3, -0.25) is 4.79 Å². The Labute approximate surface area is 274 Å². The number of phenols is 1. The van der Waals surface area contributed by atoms with Crippen LogP contribution in [0.3, 0.4) is 0 Å². The Kier molecular flexibility index (Phi) is 8.91. The summed E-state index contributed by atoms with van der Waals surface area (Å²) in [6.45, 7) is 4.65. The number of nitrogens with zero attached hydrogens (tertiary/aromatic N) is 1. The van der Waals surface area contributed by atoms with Gasteiger partial charge in [0.05, 0.1) is 6.10 Å². The maximum atomic E-state index is 16.2. The lowest BCUT2D eigenvalue weighted by Gasteiger charge is -2.54. The summed E-state index contributed by atoms with van der Waals surface area (Å²) >= 11 is 0. The van der Waals surface area contributed by atoms with Crippen molar-refractivity contribution < 1.29 is 19.4 Å². The van der Waals surface area contributed by atoms with Crippen molar-refractivity contribution in [1.82, 2.24) is 0 Å². The molecule has 3 aromatic rings. The molecule has 7 atom stereocenters. The third-order valence-electron chi connectivity index (χ3n) is 12.9. The van der Waals surface area contributed by atoms with Gasteiger partial charge in [-0.25, -0.2) is 4.39 Å². The first kappa shape index (κ1) is 31.7. The normalized spacial score (nSPS) is 30.9. The zero-order valence-corrected chi connectivity index (χ0v) is 27.8. The molecule has 0 radical (unpaired) electrons. The van der Waals surface area contributed by atoms with Crippen LogP contribution in [0.5, 0.6) is 5.75 Å². The Morgan fingerprint density at radius 2 is 1.80 bits per heavy atom. The SMILES string of the molecule is CC(=O)N(CC1CCCCC1)c1ccc2ccccc2c1CCCC[C@@H]1Cc2cc(O)ccc2[C@@H]2[C@@H]1[C@@H]1CC[C@H](O)[C@@]1(C)C[C@@H]2F. The highest BCUT2D eigenvalue weighted by Gasteiger charge is 2.59. The van der Waals surface area contributed by atoms with Crippen molar-refractivity contribution in [2.45, 2.75) is 116 Å². The molecule has 1 amide bonds. The van der Waals surface area contributed by atoms with E-state index in [1.807, 2.05) is 12.1 Å². The highest BCUT2D eigenvalue weighted by molar-refractivity contribution is 5.98. The highest BCUT2D eigenvalue weighted by atomic mass is 19.1. The maximum Gasteiger partial charge on any atom is 0.223 e. The van der Waals surface area contributed by atoms with Crippen LogP contribution in [-0.4, -0.2) is 34.9 Å². The number of rotatable bonds is 8. The van der Waals surface area contributed by atoms with E-state index < -0.39 is 12.3 Å². The van der Waals surface area contributed by atoms with Gasteiger partial charge in [0.15, 0.2) is 0 Å². The van der Waals surface area contributed by atoms with Crippen LogP contribution in [0.2, 0.25) is 0 Å². The van der Waals surface area contributed by atoms with E-state index in [1.165, 1.54) is 48.4 Å². The molecule has 0 spiro atoms. The number of unbranched alkanes of at least 4 members (excludes halogenated alkanes) is 1. The molecular formula is C41H52FNO3. The number of aromatic hydroxyl groups is 1. The number of phenolic OH excluding ortho intramolecular Hbond substituents is 1. The molecule has 0 unspecified atom stereocenters. The summed E-state index contributed by atoms with van der Waals surface area (Å²) in [6.07, 6.45) is 11.8. The Balaban J connectivity index is 1.13. The molecular weight excluding hydrogens is 573 g/mol. The number of alkyl halides is 1. The molecule has 7 rings (SSSR count). The lowest BCUT2D eigenvalue weighted by atomic mass is 9.51. The van der Waals surface area contributed by atoms with Crippen molar-refractivity contribution in [2.75, 3.05) is 11.4 Å². The number of aryl methyl sites for hydroxylation is 1. The third kappa shape index (κ3) is 5.76. The number of benzene rings is 3. The minimum atomic E-state index is -0.981. The molecule has 3 saturated carbocycles. The number of hydrogen-bond acceptors (Lipinski definition) is 3. The molecule has 0 saturated heterocycles. The van der Waals surface area contributed by atoms with Gasteiger partial charge in [-0.05, 0) is 133 Å². The molecule has 3 fully saturated rings. The number of carbonyl (C=O) groups is 1. The van der Waals surface area contributed by atoms with Crippen molar-refractivity contribution in [3.05, 3.63) is 71.3 Å². The van der Waals surface area contributed by atoms with Crippen LogP contribution in [0.4, 0.5) is 10.1 Å². The van der Waals surface area contributed by atoms with E-state index in [1.54, 1.807) is 13.0 Å². The second-order valence-electron chi connectivity index (χ2n) is 15.5. The van der Waals surface area contributed by atoms with Gasteiger partial charge in [0, 0.05) is 25.1 Å². The van der Waals surface area contributed by atoms with Crippen LogP contribution < -0.4 is 4.90 Å². The monoisotopic (exact) mass is 625 g/mol. The van der Waals surface area contributed by atoms with E-state index in [-0.39, 0.29) is 28.9 Å². The van der Waals surface area contributed by atoms with E-state index in [4.69, 9.17) is 0 Å². The summed E-state index contributed by atoms with van der Waals surface area (Å²) in [7, 11) is 0. The quantitative estimate of drug-likeness (QED) is 0.245. The summed E-state index contributed by atoms with van der Waals surface area (Å²) in [5.41, 5.74) is 4.17. The van der Waals surface area contributed by atoms with Crippen molar-refractivity contribution in [3.8, 4) is 5.75 Å². The van der Waals surface area contributed by atoms with Crippen molar-refractivity contribution in [2.24, 2.45) is 29.1 Å².